The topological polar surface area (TPSA) is 58.5 Å². The largest absolute Gasteiger partial charge is 0.394 e. The van der Waals surface area contributed by atoms with Crippen LogP contribution in [0.15, 0.2) is 6.07 Å². The standard InChI is InChI=1S/C13H21N3O2/c1-10-8-11(2)15-13(14-10)16-5-3-4-12(9-16)18-7-6-17/h8,12,17H,3-7,9H2,1-2H3. The average Bonchev–Trinajstić information content (AvgIpc) is 2.35. The van der Waals surface area contributed by atoms with Crippen LogP contribution >= 0.6 is 0 Å². The van der Waals surface area contributed by atoms with Gasteiger partial charge in [0.05, 0.1) is 19.3 Å². The summed E-state index contributed by atoms with van der Waals surface area (Å²) in [4.78, 5) is 11.1. The normalized spacial score (nSPS) is 20.2. The molecule has 0 aromatic carbocycles. The van der Waals surface area contributed by atoms with Gasteiger partial charge in [0.1, 0.15) is 0 Å². The maximum absolute atomic E-state index is 8.79. The third-order valence-corrected chi connectivity index (χ3v) is 3.08. The number of aliphatic hydroxyl groups is 1. The van der Waals surface area contributed by atoms with Crippen molar-refractivity contribution in [3.8, 4) is 0 Å². The lowest BCUT2D eigenvalue weighted by Gasteiger charge is -2.32. The van der Waals surface area contributed by atoms with Crippen LogP contribution in [0.25, 0.3) is 0 Å². The van der Waals surface area contributed by atoms with Crippen molar-refractivity contribution in [3.05, 3.63) is 17.5 Å². The first-order valence-corrected chi connectivity index (χ1v) is 6.48. The molecule has 0 spiro atoms. The van der Waals surface area contributed by atoms with Gasteiger partial charge in [-0.15, -0.1) is 0 Å². The Labute approximate surface area is 108 Å². The zero-order chi connectivity index (χ0) is 13.0. The first kappa shape index (κ1) is 13.2. The lowest BCUT2D eigenvalue weighted by Crippen LogP contribution is -2.41. The highest BCUT2D eigenvalue weighted by atomic mass is 16.5. The Morgan fingerprint density at radius 3 is 2.78 bits per heavy atom. The fraction of sp³-hybridized carbons (Fsp3) is 0.692. The SMILES string of the molecule is Cc1cc(C)nc(N2CCCC(OCCO)C2)n1. The summed E-state index contributed by atoms with van der Waals surface area (Å²) in [5.41, 5.74) is 1.99. The van der Waals surface area contributed by atoms with Crippen LogP contribution in [-0.4, -0.2) is 47.5 Å². The molecular formula is C13H21N3O2. The molecule has 5 heteroatoms. The number of rotatable bonds is 4. The van der Waals surface area contributed by atoms with Gasteiger partial charge in [-0.3, -0.25) is 0 Å². The number of hydrogen-bond donors (Lipinski definition) is 1. The van der Waals surface area contributed by atoms with E-state index in [9.17, 15) is 0 Å². The Morgan fingerprint density at radius 2 is 2.11 bits per heavy atom. The highest BCUT2D eigenvalue weighted by molar-refractivity contribution is 5.33. The molecule has 0 radical (unpaired) electrons. The molecule has 1 aromatic heterocycles. The van der Waals surface area contributed by atoms with Gasteiger partial charge in [-0.25, -0.2) is 9.97 Å². The van der Waals surface area contributed by atoms with Crippen molar-refractivity contribution in [1.29, 1.82) is 0 Å². The van der Waals surface area contributed by atoms with Gasteiger partial charge >= 0.3 is 0 Å². The Kier molecular flexibility index (Phi) is 4.49. The molecule has 2 heterocycles. The molecule has 0 saturated carbocycles. The van der Waals surface area contributed by atoms with Gasteiger partial charge < -0.3 is 14.7 Å². The number of aromatic nitrogens is 2. The molecule has 1 aromatic rings. The monoisotopic (exact) mass is 251 g/mol. The zero-order valence-corrected chi connectivity index (χ0v) is 11.1. The maximum Gasteiger partial charge on any atom is 0.225 e. The van der Waals surface area contributed by atoms with Crippen LogP contribution in [0, 0.1) is 13.8 Å². The average molecular weight is 251 g/mol. The molecule has 1 aliphatic rings. The van der Waals surface area contributed by atoms with Crippen molar-refractivity contribution in [2.24, 2.45) is 0 Å². The molecule has 1 atom stereocenters. The van der Waals surface area contributed by atoms with Gasteiger partial charge in [-0.05, 0) is 32.8 Å². The van der Waals surface area contributed by atoms with E-state index in [1.807, 2.05) is 19.9 Å². The third-order valence-electron chi connectivity index (χ3n) is 3.08. The van der Waals surface area contributed by atoms with Crippen molar-refractivity contribution in [2.45, 2.75) is 32.8 Å². The smallest absolute Gasteiger partial charge is 0.225 e. The maximum atomic E-state index is 8.79. The molecule has 1 N–H and O–H groups in total. The summed E-state index contributed by atoms with van der Waals surface area (Å²) in [6.45, 7) is 6.25. The van der Waals surface area contributed by atoms with Gasteiger partial charge in [0.15, 0.2) is 0 Å². The van der Waals surface area contributed by atoms with Crippen molar-refractivity contribution in [3.63, 3.8) is 0 Å². The van der Waals surface area contributed by atoms with Crippen LogP contribution in [0.1, 0.15) is 24.2 Å². The Bertz CT molecular complexity index is 378. The highest BCUT2D eigenvalue weighted by Gasteiger charge is 2.22. The summed E-state index contributed by atoms with van der Waals surface area (Å²) < 4.78 is 5.60. The minimum atomic E-state index is 0.0799. The van der Waals surface area contributed by atoms with Crippen LogP contribution in [0.4, 0.5) is 5.95 Å². The fourth-order valence-corrected chi connectivity index (χ4v) is 2.32. The van der Waals surface area contributed by atoms with E-state index in [0.717, 1.165) is 43.3 Å². The highest BCUT2D eigenvalue weighted by Crippen LogP contribution is 2.18. The predicted molar refractivity (Wildman–Crippen MR) is 69.8 cm³/mol. The van der Waals surface area contributed by atoms with Gasteiger partial charge in [-0.1, -0.05) is 0 Å². The van der Waals surface area contributed by atoms with Gasteiger partial charge in [0.25, 0.3) is 0 Å². The van der Waals surface area contributed by atoms with E-state index in [4.69, 9.17) is 9.84 Å². The number of ether oxygens (including phenoxy) is 1. The van der Waals surface area contributed by atoms with E-state index in [1.165, 1.54) is 0 Å². The van der Waals surface area contributed by atoms with E-state index >= 15 is 0 Å². The molecule has 18 heavy (non-hydrogen) atoms. The van der Waals surface area contributed by atoms with E-state index in [2.05, 4.69) is 14.9 Å². The quantitative estimate of drug-likeness (QED) is 0.867. The number of aryl methyl sites for hydroxylation is 2. The van der Waals surface area contributed by atoms with E-state index in [0.29, 0.717) is 6.61 Å². The minimum absolute atomic E-state index is 0.0799. The number of hydrogen-bond acceptors (Lipinski definition) is 5. The summed E-state index contributed by atoms with van der Waals surface area (Å²) in [5.74, 6) is 0.796. The van der Waals surface area contributed by atoms with Crippen LogP contribution in [-0.2, 0) is 4.74 Å². The molecule has 100 valence electrons. The van der Waals surface area contributed by atoms with Crippen molar-refractivity contribution < 1.29 is 9.84 Å². The zero-order valence-electron chi connectivity index (χ0n) is 11.1. The molecule has 0 bridgehead atoms. The first-order chi connectivity index (χ1) is 8.69. The van der Waals surface area contributed by atoms with Crippen LogP contribution < -0.4 is 4.90 Å². The number of aliphatic hydroxyl groups excluding tert-OH is 1. The second-order valence-electron chi connectivity index (χ2n) is 4.76. The van der Waals surface area contributed by atoms with Crippen LogP contribution in [0.2, 0.25) is 0 Å². The third kappa shape index (κ3) is 3.40. The summed E-state index contributed by atoms with van der Waals surface area (Å²) in [7, 11) is 0. The van der Waals surface area contributed by atoms with E-state index in [-0.39, 0.29) is 12.7 Å². The fourth-order valence-electron chi connectivity index (χ4n) is 2.32. The molecule has 1 unspecified atom stereocenters. The van der Waals surface area contributed by atoms with Crippen molar-refractivity contribution in [1.82, 2.24) is 9.97 Å². The second kappa shape index (κ2) is 6.11. The Morgan fingerprint density at radius 1 is 1.39 bits per heavy atom. The minimum Gasteiger partial charge on any atom is -0.394 e. The molecule has 1 saturated heterocycles. The van der Waals surface area contributed by atoms with Gasteiger partial charge in [0.2, 0.25) is 5.95 Å². The molecule has 1 aliphatic heterocycles. The van der Waals surface area contributed by atoms with Gasteiger partial charge in [-0.2, -0.15) is 0 Å². The number of anilines is 1. The summed E-state index contributed by atoms with van der Waals surface area (Å²) in [6.07, 6.45) is 2.30. The summed E-state index contributed by atoms with van der Waals surface area (Å²) >= 11 is 0. The summed E-state index contributed by atoms with van der Waals surface area (Å²) in [5, 5.41) is 8.79. The number of piperidine rings is 1. The molecule has 5 nitrogen and oxygen atoms in total. The second-order valence-corrected chi connectivity index (χ2v) is 4.76. The summed E-state index contributed by atoms with van der Waals surface area (Å²) in [6, 6.07) is 1.98. The molecule has 1 fully saturated rings. The molecule has 0 amide bonds. The van der Waals surface area contributed by atoms with Gasteiger partial charge in [0, 0.05) is 24.5 Å². The molecular weight excluding hydrogens is 230 g/mol. The van der Waals surface area contributed by atoms with Crippen molar-refractivity contribution in [2.75, 3.05) is 31.2 Å². The number of nitrogens with zero attached hydrogens (tertiary/aromatic N) is 3. The van der Waals surface area contributed by atoms with Crippen molar-refractivity contribution >= 4 is 5.95 Å². The van der Waals surface area contributed by atoms with E-state index < -0.39 is 0 Å². The van der Waals surface area contributed by atoms with Crippen LogP contribution in [0.5, 0.6) is 0 Å². The van der Waals surface area contributed by atoms with E-state index in [1.54, 1.807) is 0 Å². The predicted octanol–water partition coefficient (Wildman–Crippen LogP) is 1.07. The molecule has 2 rings (SSSR count). The first-order valence-electron chi connectivity index (χ1n) is 6.48. The molecule has 0 aliphatic carbocycles. The Hall–Kier alpha value is -1.20. The van der Waals surface area contributed by atoms with Crippen LogP contribution in [0.3, 0.4) is 0 Å². The Balaban J connectivity index is 2.03. The lowest BCUT2D eigenvalue weighted by molar-refractivity contribution is 0.0212. The lowest BCUT2D eigenvalue weighted by atomic mass is 10.1.